The molecule has 21 heavy (non-hydrogen) atoms. The molecule has 1 aromatic rings. The van der Waals surface area contributed by atoms with Crippen molar-refractivity contribution in [3.05, 3.63) is 0 Å². The lowest BCUT2D eigenvalue weighted by molar-refractivity contribution is -0.120. The van der Waals surface area contributed by atoms with E-state index in [0.717, 1.165) is 15.8 Å². The van der Waals surface area contributed by atoms with E-state index in [1.807, 2.05) is 20.8 Å². The van der Waals surface area contributed by atoms with Gasteiger partial charge in [0, 0.05) is 19.6 Å². The number of nitrogen functional groups attached to an aromatic ring is 1. The maximum absolute atomic E-state index is 12.2. The molecule has 0 saturated carbocycles. The smallest absolute Gasteiger partial charge is 0.249 e. The third-order valence-electron chi connectivity index (χ3n) is 2.34. The van der Waals surface area contributed by atoms with E-state index >= 15 is 0 Å². The molecule has 10 heteroatoms. The van der Waals surface area contributed by atoms with Crippen molar-refractivity contribution in [1.29, 1.82) is 0 Å². The highest BCUT2D eigenvalue weighted by molar-refractivity contribution is 7.89. The number of nitrogens with two attached hydrogens (primary N) is 1. The van der Waals surface area contributed by atoms with Gasteiger partial charge in [0.2, 0.25) is 15.9 Å². The number of anilines is 2. The van der Waals surface area contributed by atoms with Crippen molar-refractivity contribution in [1.82, 2.24) is 14.0 Å². The second-order valence-electron chi connectivity index (χ2n) is 5.67. The van der Waals surface area contributed by atoms with Crippen molar-refractivity contribution in [2.75, 3.05) is 31.7 Å². The van der Waals surface area contributed by atoms with E-state index in [-0.39, 0.29) is 33.7 Å². The summed E-state index contributed by atoms with van der Waals surface area (Å²) in [6.07, 6.45) is 0. The van der Waals surface area contributed by atoms with Crippen LogP contribution in [0, 0.1) is 0 Å². The van der Waals surface area contributed by atoms with Crippen molar-refractivity contribution < 1.29 is 13.2 Å². The summed E-state index contributed by atoms with van der Waals surface area (Å²) >= 11 is 0.908. The zero-order valence-corrected chi connectivity index (χ0v) is 14.4. The van der Waals surface area contributed by atoms with Gasteiger partial charge in [0.05, 0.1) is 6.54 Å². The topological polar surface area (TPSA) is 117 Å². The minimum atomic E-state index is -3.72. The van der Waals surface area contributed by atoms with Gasteiger partial charge in [-0.3, -0.25) is 4.79 Å². The molecule has 120 valence electrons. The summed E-state index contributed by atoms with van der Waals surface area (Å²) in [6.45, 7) is 5.52. The van der Waals surface area contributed by atoms with Gasteiger partial charge < -0.3 is 16.4 Å². The fraction of sp³-hybridized carbons (Fsp3) is 0.636. The Morgan fingerprint density at radius 2 is 1.95 bits per heavy atom. The van der Waals surface area contributed by atoms with E-state index in [1.165, 1.54) is 14.1 Å². The molecule has 8 nitrogen and oxygen atoms in total. The van der Waals surface area contributed by atoms with E-state index in [1.54, 1.807) is 0 Å². The molecule has 0 bridgehead atoms. The van der Waals surface area contributed by atoms with Crippen LogP contribution >= 0.6 is 11.5 Å². The van der Waals surface area contributed by atoms with Gasteiger partial charge >= 0.3 is 0 Å². The molecule has 0 aliphatic heterocycles. The molecule has 1 aromatic heterocycles. The first-order valence-corrected chi connectivity index (χ1v) is 8.39. The van der Waals surface area contributed by atoms with E-state index < -0.39 is 10.0 Å². The molecular weight excluding hydrogens is 314 g/mol. The highest BCUT2D eigenvalue weighted by atomic mass is 32.2. The molecule has 0 spiro atoms. The van der Waals surface area contributed by atoms with Crippen LogP contribution < -0.4 is 16.4 Å². The first-order valence-electron chi connectivity index (χ1n) is 6.17. The van der Waals surface area contributed by atoms with Crippen molar-refractivity contribution in [2.24, 2.45) is 0 Å². The summed E-state index contributed by atoms with van der Waals surface area (Å²) in [5, 5.41) is 5.80. The normalized spacial score (nSPS) is 12.5. The molecule has 0 aromatic carbocycles. The Labute approximate surface area is 128 Å². The SMILES string of the molecule is CN(C)S(=O)(=O)c1c(N)nsc1NCC(=O)NC(C)(C)C. The van der Waals surface area contributed by atoms with E-state index in [9.17, 15) is 13.2 Å². The van der Waals surface area contributed by atoms with Crippen molar-refractivity contribution in [3.8, 4) is 0 Å². The summed E-state index contributed by atoms with van der Waals surface area (Å²) in [6, 6.07) is 0. The van der Waals surface area contributed by atoms with Gasteiger partial charge in [-0.05, 0) is 32.3 Å². The van der Waals surface area contributed by atoms with Gasteiger partial charge in [-0.25, -0.2) is 12.7 Å². The van der Waals surface area contributed by atoms with Gasteiger partial charge in [-0.15, -0.1) is 0 Å². The van der Waals surface area contributed by atoms with E-state index in [0.29, 0.717) is 0 Å². The predicted octanol–water partition coefficient (Wildman–Crippen LogP) is 0.302. The average Bonchev–Trinajstić information content (AvgIpc) is 2.66. The largest absolute Gasteiger partial charge is 0.382 e. The first-order chi connectivity index (χ1) is 9.45. The van der Waals surface area contributed by atoms with Crippen molar-refractivity contribution >= 4 is 38.3 Å². The van der Waals surface area contributed by atoms with Crippen LogP contribution in [-0.4, -0.2) is 49.2 Å². The van der Waals surface area contributed by atoms with Crippen LogP contribution in [0.15, 0.2) is 4.90 Å². The molecule has 0 radical (unpaired) electrons. The molecule has 0 aliphatic rings. The number of aromatic nitrogens is 1. The number of nitrogens with zero attached hydrogens (tertiary/aromatic N) is 2. The Morgan fingerprint density at radius 3 is 2.43 bits per heavy atom. The fourth-order valence-electron chi connectivity index (χ4n) is 1.46. The maximum atomic E-state index is 12.2. The maximum Gasteiger partial charge on any atom is 0.249 e. The molecule has 0 fully saturated rings. The molecule has 1 amide bonds. The van der Waals surface area contributed by atoms with Crippen molar-refractivity contribution in [3.63, 3.8) is 0 Å². The summed E-state index contributed by atoms with van der Waals surface area (Å²) in [5.74, 6) is -0.324. The van der Waals surface area contributed by atoms with Crippen LogP contribution in [0.3, 0.4) is 0 Å². The summed E-state index contributed by atoms with van der Waals surface area (Å²) < 4.78 is 29.2. The quantitative estimate of drug-likeness (QED) is 0.712. The number of hydrogen-bond acceptors (Lipinski definition) is 7. The Hall–Kier alpha value is -1.39. The molecule has 4 N–H and O–H groups in total. The standard InChI is InChI=1S/C11H21N5O3S2/c1-11(2,3)14-7(17)6-13-10-8(9(12)15-20-10)21(18,19)16(4)5/h13H,6H2,1-5H3,(H2,12,15)(H,14,17). The second-order valence-corrected chi connectivity index (χ2v) is 8.53. The van der Waals surface area contributed by atoms with Crippen LogP contribution in [0.1, 0.15) is 20.8 Å². The minimum absolute atomic E-state index is 0.0607. The number of amides is 1. The number of nitrogens with one attached hydrogen (secondary N) is 2. The summed E-state index contributed by atoms with van der Waals surface area (Å²) in [4.78, 5) is 11.7. The highest BCUT2D eigenvalue weighted by Crippen LogP contribution is 2.32. The van der Waals surface area contributed by atoms with Crippen LogP contribution in [-0.2, 0) is 14.8 Å². The van der Waals surface area contributed by atoms with Crippen LogP contribution in [0.25, 0.3) is 0 Å². The van der Waals surface area contributed by atoms with Crippen LogP contribution in [0.5, 0.6) is 0 Å². The lowest BCUT2D eigenvalue weighted by Crippen LogP contribution is -2.43. The van der Waals surface area contributed by atoms with Gasteiger partial charge in [-0.1, -0.05) is 0 Å². The zero-order chi connectivity index (χ0) is 16.4. The molecular formula is C11H21N5O3S2. The number of hydrogen-bond donors (Lipinski definition) is 3. The first kappa shape index (κ1) is 17.7. The molecule has 1 heterocycles. The Kier molecular flexibility index (Phi) is 5.18. The summed E-state index contributed by atoms with van der Waals surface area (Å²) in [5.41, 5.74) is 5.27. The van der Waals surface area contributed by atoms with Gasteiger partial charge in [0.15, 0.2) is 10.7 Å². The molecule has 0 unspecified atom stereocenters. The van der Waals surface area contributed by atoms with Crippen LogP contribution in [0.2, 0.25) is 0 Å². The highest BCUT2D eigenvalue weighted by Gasteiger charge is 2.28. The molecule has 1 rings (SSSR count). The Morgan fingerprint density at radius 1 is 1.38 bits per heavy atom. The van der Waals surface area contributed by atoms with Gasteiger partial charge in [0.25, 0.3) is 0 Å². The van der Waals surface area contributed by atoms with Gasteiger partial charge in [-0.2, -0.15) is 4.37 Å². The number of sulfonamides is 1. The lowest BCUT2D eigenvalue weighted by Gasteiger charge is -2.20. The van der Waals surface area contributed by atoms with Gasteiger partial charge in [0.1, 0.15) is 5.00 Å². The third kappa shape index (κ3) is 4.55. The van der Waals surface area contributed by atoms with Crippen LogP contribution in [0.4, 0.5) is 10.8 Å². The fourth-order valence-corrected chi connectivity index (χ4v) is 3.53. The third-order valence-corrected chi connectivity index (χ3v) is 5.18. The molecule has 0 aliphatic carbocycles. The second kappa shape index (κ2) is 6.16. The Bertz CT molecular complexity index is 616. The van der Waals surface area contributed by atoms with E-state index in [2.05, 4.69) is 15.0 Å². The zero-order valence-electron chi connectivity index (χ0n) is 12.7. The minimum Gasteiger partial charge on any atom is -0.382 e. The summed E-state index contributed by atoms with van der Waals surface area (Å²) in [7, 11) is -0.905. The number of rotatable bonds is 5. The predicted molar refractivity (Wildman–Crippen MR) is 83.8 cm³/mol. The molecule has 0 atom stereocenters. The number of carbonyl (C=O) groups is 1. The Balaban J connectivity index is 2.90. The lowest BCUT2D eigenvalue weighted by atomic mass is 10.1. The average molecular weight is 335 g/mol. The monoisotopic (exact) mass is 335 g/mol. The van der Waals surface area contributed by atoms with E-state index in [4.69, 9.17) is 5.73 Å². The number of carbonyl (C=O) groups excluding carboxylic acids is 1. The molecule has 0 saturated heterocycles. The van der Waals surface area contributed by atoms with Crippen molar-refractivity contribution in [2.45, 2.75) is 31.2 Å².